The Labute approximate surface area is 98.3 Å². The van der Waals surface area contributed by atoms with Crippen molar-refractivity contribution in [3.05, 3.63) is 0 Å². The Kier molecular flexibility index (Phi) is 10.4. The number of nitrogens with zero attached hydrogens (tertiary/aromatic N) is 1. The molecular formula is C11H25N3O2. The van der Waals surface area contributed by atoms with Crippen LogP contribution in [0, 0.1) is 0 Å². The molecule has 5 nitrogen and oxygen atoms in total. The largest absolute Gasteiger partial charge is 0.383 e. The summed E-state index contributed by atoms with van der Waals surface area (Å²) in [6.45, 7) is 6.56. The molecule has 0 saturated carbocycles. The molecule has 0 unspecified atom stereocenters. The quantitative estimate of drug-likeness (QED) is 0.547. The molecule has 0 bridgehead atoms. The van der Waals surface area contributed by atoms with Crippen LogP contribution in [0.15, 0.2) is 0 Å². The summed E-state index contributed by atoms with van der Waals surface area (Å²) in [6.07, 6.45) is 1.50. The zero-order chi connectivity index (χ0) is 12.2. The predicted octanol–water partition coefficient (Wildman–Crippen LogP) is -0.190. The summed E-state index contributed by atoms with van der Waals surface area (Å²) in [5, 5.41) is 2.79. The van der Waals surface area contributed by atoms with E-state index >= 15 is 0 Å². The maximum Gasteiger partial charge on any atom is 0.221 e. The molecule has 3 N–H and O–H groups in total. The number of ether oxygens (including phenoxy) is 1. The lowest BCUT2D eigenvalue weighted by molar-refractivity contribution is -0.121. The molecule has 0 saturated heterocycles. The molecule has 16 heavy (non-hydrogen) atoms. The Morgan fingerprint density at radius 1 is 1.38 bits per heavy atom. The second-order valence-corrected chi connectivity index (χ2v) is 3.68. The minimum absolute atomic E-state index is 0.109. The zero-order valence-electron chi connectivity index (χ0n) is 10.5. The molecule has 1 amide bonds. The minimum atomic E-state index is 0.109. The molecule has 0 radical (unpaired) electrons. The standard InChI is InChI=1S/C11H25N3O2/c1-3-13-11(15)5-8-14(7-4-6-12)9-10-16-2/h3-10,12H2,1-2H3,(H,13,15). The van der Waals surface area contributed by atoms with Crippen molar-refractivity contribution in [2.75, 3.05) is 46.4 Å². The fourth-order valence-corrected chi connectivity index (χ4v) is 1.42. The van der Waals surface area contributed by atoms with Crippen LogP contribution in [-0.4, -0.2) is 57.2 Å². The van der Waals surface area contributed by atoms with Gasteiger partial charge in [-0.25, -0.2) is 0 Å². The SMILES string of the molecule is CCNC(=O)CCN(CCCN)CCOC. The lowest BCUT2D eigenvalue weighted by Crippen LogP contribution is -2.34. The normalized spacial score (nSPS) is 10.8. The highest BCUT2D eigenvalue weighted by Gasteiger charge is 2.07. The van der Waals surface area contributed by atoms with E-state index in [2.05, 4.69) is 10.2 Å². The van der Waals surface area contributed by atoms with Crippen LogP contribution in [0.1, 0.15) is 19.8 Å². The number of nitrogens with one attached hydrogen (secondary N) is 1. The number of amides is 1. The third-order valence-corrected chi connectivity index (χ3v) is 2.32. The van der Waals surface area contributed by atoms with E-state index in [1.54, 1.807) is 7.11 Å². The molecule has 0 spiro atoms. The maximum atomic E-state index is 11.3. The first-order valence-electron chi connectivity index (χ1n) is 5.92. The number of hydrogen-bond donors (Lipinski definition) is 2. The van der Waals surface area contributed by atoms with Crippen molar-refractivity contribution < 1.29 is 9.53 Å². The van der Waals surface area contributed by atoms with Gasteiger partial charge in [0.2, 0.25) is 5.91 Å². The first-order valence-corrected chi connectivity index (χ1v) is 5.92. The number of nitrogens with two attached hydrogens (primary N) is 1. The lowest BCUT2D eigenvalue weighted by Gasteiger charge is -2.21. The van der Waals surface area contributed by atoms with Crippen molar-refractivity contribution in [2.45, 2.75) is 19.8 Å². The van der Waals surface area contributed by atoms with Gasteiger partial charge in [0.25, 0.3) is 0 Å². The number of rotatable bonds is 10. The Morgan fingerprint density at radius 2 is 2.12 bits per heavy atom. The highest BCUT2D eigenvalue weighted by molar-refractivity contribution is 5.75. The van der Waals surface area contributed by atoms with Crippen molar-refractivity contribution in [1.82, 2.24) is 10.2 Å². The van der Waals surface area contributed by atoms with Crippen molar-refractivity contribution >= 4 is 5.91 Å². The van der Waals surface area contributed by atoms with Crippen LogP contribution in [0.25, 0.3) is 0 Å². The van der Waals surface area contributed by atoms with Gasteiger partial charge in [0.15, 0.2) is 0 Å². The number of carbonyl (C=O) groups is 1. The van der Waals surface area contributed by atoms with Gasteiger partial charge in [-0.15, -0.1) is 0 Å². The van der Waals surface area contributed by atoms with Crippen LogP contribution < -0.4 is 11.1 Å². The molecule has 5 heteroatoms. The second kappa shape index (κ2) is 10.9. The summed E-state index contributed by atoms with van der Waals surface area (Å²) in [6, 6.07) is 0. The Hall–Kier alpha value is -0.650. The summed E-state index contributed by atoms with van der Waals surface area (Å²) in [7, 11) is 1.69. The molecule has 0 aliphatic heterocycles. The lowest BCUT2D eigenvalue weighted by atomic mass is 10.3. The van der Waals surface area contributed by atoms with Gasteiger partial charge in [-0.3, -0.25) is 4.79 Å². The van der Waals surface area contributed by atoms with E-state index in [9.17, 15) is 4.79 Å². The van der Waals surface area contributed by atoms with Crippen LogP contribution in [0.4, 0.5) is 0 Å². The van der Waals surface area contributed by atoms with E-state index in [0.29, 0.717) is 26.1 Å². The van der Waals surface area contributed by atoms with Gasteiger partial charge in [0.05, 0.1) is 6.61 Å². The van der Waals surface area contributed by atoms with Gasteiger partial charge in [0, 0.05) is 33.2 Å². The molecule has 0 aliphatic carbocycles. The summed E-state index contributed by atoms with van der Waals surface area (Å²) in [5.74, 6) is 0.109. The smallest absolute Gasteiger partial charge is 0.221 e. The first-order chi connectivity index (χ1) is 7.74. The fraction of sp³-hybridized carbons (Fsp3) is 0.909. The van der Waals surface area contributed by atoms with Crippen LogP contribution in [-0.2, 0) is 9.53 Å². The van der Waals surface area contributed by atoms with Gasteiger partial charge < -0.3 is 20.7 Å². The molecule has 0 rings (SSSR count). The molecule has 96 valence electrons. The number of carbonyl (C=O) groups excluding carboxylic acids is 1. The molecule has 0 aliphatic rings. The topological polar surface area (TPSA) is 67.6 Å². The van der Waals surface area contributed by atoms with E-state index in [0.717, 1.165) is 26.1 Å². The molecule has 0 heterocycles. The average Bonchev–Trinajstić information content (AvgIpc) is 2.28. The Bertz CT molecular complexity index is 169. The average molecular weight is 231 g/mol. The van der Waals surface area contributed by atoms with Crippen LogP contribution in [0.5, 0.6) is 0 Å². The zero-order valence-corrected chi connectivity index (χ0v) is 10.5. The summed E-state index contributed by atoms with van der Waals surface area (Å²) >= 11 is 0. The first kappa shape index (κ1) is 15.3. The Balaban J connectivity index is 3.75. The fourth-order valence-electron chi connectivity index (χ4n) is 1.42. The minimum Gasteiger partial charge on any atom is -0.383 e. The highest BCUT2D eigenvalue weighted by Crippen LogP contribution is 1.94. The van der Waals surface area contributed by atoms with Crippen molar-refractivity contribution in [2.24, 2.45) is 5.73 Å². The summed E-state index contributed by atoms with van der Waals surface area (Å²) in [4.78, 5) is 13.5. The van der Waals surface area contributed by atoms with Gasteiger partial charge in [-0.1, -0.05) is 0 Å². The molecule has 0 aromatic heterocycles. The van der Waals surface area contributed by atoms with Crippen molar-refractivity contribution in [1.29, 1.82) is 0 Å². The monoisotopic (exact) mass is 231 g/mol. The predicted molar refractivity (Wildman–Crippen MR) is 65.3 cm³/mol. The summed E-state index contributed by atoms with van der Waals surface area (Å²) < 4.78 is 5.03. The van der Waals surface area contributed by atoms with E-state index in [1.165, 1.54) is 0 Å². The van der Waals surface area contributed by atoms with E-state index in [-0.39, 0.29) is 5.91 Å². The third kappa shape index (κ3) is 8.64. The van der Waals surface area contributed by atoms with E-state index < -0.39 is 0 Å². The van der Waals surface area contributed by atoms with Crippen LogP contribution in [0.3, 0.4) is 0 Å². The molecule has 0 aromatic carbocycles. The molecular weight excluding hydrogens is 206 g/mol. The highest BCUT2D eigenvalue weighted by atomic mass is 16.5. The number of hydrogen-bond acceptors (Lipinski definition) is 4. The maximum absolute atomic E-state index is 11.3. The van der Waals surface area contributed by atoms with Gasteiger partial charge in [0.1, 0.15) is 0 Å². The molecule has 0 aromatic rings. The molecule has 0 atom stereocenters. The van der Waals surface area contributed by atoms with Gasteiger partial charge >= 0.3 is 0 Å². The number of methoxy groups -OCH3 is 1. The van der Waals surface area contributed by atoms with Crippen molar-refractivity contribution in [3.8, 4) is 0 Å². The van der Waals surface area contributed by atoms with Gasteiger partial charge in [-0.05, 0) is 26.4 Å². The Morgan fingerprint density at radius 3 is 2.69 bits per heavy atom. The van der Waals surface area contributed by atoms with Crippen LogP contribution in [0.2, 0.25) is 0 Å². The second-order valence-electron chi connectivity index (χ2n) is 3.68. The van der Waals surface area contributed by atoms with E-state index in [4.69, 9.17) is 10.5 Å². The van der Waals surface area contributed by atoms with E-state index in [1.807, 2.05) is 6.92 Å². The van der Waals surface area contributed by atoms with Crippen molar-refractivity contribution in [3.63, 3.8) is 0 Å². The van der Waals surface area contributed by atoms with Gasteiger partial charge in [-0.2, -0.15) is 0 Å². The molecule has 0 fully saturated rings. The van der Waals surface area contributed by atoms with Crippen LogP contribution >= 0.6 is 0 Å². The summed E-state index contributed by atoms with van der Waals surface area (Å²) in [5.41, 5.74) is 5.47. The third-order valence-electron chi connectivity index (χ3n) is 2.32.